The average molecular weight is 196 g/mol. The summed E-state index contributed by atoms with van der Waals surface area (Å²) in [4.78, 5) is 0. The second-order valence-electron chi connectivity index (χ2n) is 3.62. The monoisotopic (exact) mass is 196 g/mol. The summed E-state index contributed by atoms with van der Waals surface area (Å²) in [5.41, 5.74) is 2.73. The first-order valence-electron chi connectivity index (χ1n) is 4.53. The van der Waals surface area contributed by atoms with Gasteiger partial charge in [0.05, 0.1) is 6.61 Å². The Morgan fingerprint density at radius 1 is 1.31 bits per heavy atom. The van der Waals surface area contributed by atoms with E-state index in [9.17, 15) is 0 Å². The molecule has 1 aliphatic rings. The summed E-state index contributed by atoms with van der Waals surface area (Å²) in [6.45, 7) is 5.27. The summed E-state index contributed by atoms with van der Waals surface area (Å²) in [6, 6.07) is 6.57. The third kappa shape index (κ3) is 2.03. The van der Waals surface area contributed by atoms with Gasteiger partial charge in [0.25, 0.3) is 0 Å². The molecule has 0 aliphatic carbocycles. The maximum atomic E-state index is 5.49. The van der Waals surface area contributed by atoms with Crippen molar-refractivity contribution in [3.8, 4) is 5.75 Å². The fourth-order valence-corrected chi connectivity index (χ4v) is 1.54. The summed E-state index contributed by atoms with van der Waals surface area (Å²) in [6.07, 6.45) is 1.08. The smallest absolute Gasteiger partial charge is 0.122 e. The fourth-order valence-electron chi connectivity index (χ4n) is 1.54. The second kappa shape index (κ2) is 4.11. The topological polar surface area (TPSA) is 9.23 Å². The molecule has 0 spiro atoms. The highest BCUT2D eigenvalue weighted by Crippen LogP contribution is 2.28. The molecule has 72 valence electrons. The molecule has 0 amide bonds. The minimum atomic E-state index is 0. The number of benzene rings is 1. The Morgan fingerprint density at radius 3 is 2.77 bits per heavy atom. The third-order valence-corrected chi connectivity index (χ3v) is 2.39. The van der Waals surface area contributed by atoms with E-state index < -0.39 is 0 Å². The third-order valence-electron chi connectivity index (χ3n) is 2.39. The van der Waals surface area contributed by atoms with Crippen LogP contribution in [0, 0.1) is 0 Å². The zero-order chi connectivity index (χ0) is 8.55. The molecule has 1 nitrogen and oxygen atoms in total. The van der Waals surface area contributed by atoms with E-state index in [1.54, 1.807) is 0 Å². The molecule has 0 saturated heterocycles. The molecule has 1 unspecified atom stereocenters. The lowest BCUT2D eigenvalue weighted by Gasteiger charge is -2.06. The van der Waals surface area contributed by atoms with Gasteiger partial charge in [0.2, 0.25) is 0 Å². The largest absolute Gasteiger partial charge is 0.493 e. The highest BCUT2D eigenvalue weighted by molar-refractivity contribution is 6.92. The van der Waals surface area contributed by atoms with Gasteiger partial charge in [-0.2, -0.15) is 9.90 Å². The van der Waals surface area contributed by atoms with Crippen LogP contribution in [-0.2, 0) is 6.42 Å². The van der Waals surface area contributed by atoms with Gasteiger partial charge < -0.3 is 4.74 Å². The quantitative estimate of drug-likeness (QED) is 0.627. The minimum absolute atomic E-state index is 0. The molecule has 1 heterocycles. The van der Waals surface area contributed by atoms with Crippen molar-refractivity contribution in [3.63, 3.8) is 0 Å². The standard InChI is InChI=1S/C11H14O.H3P/c1-8(2)10-4-3-9-5-6-12-11(9)7-10;/h3-4,7-8H,5-6H2,1-2H3;1H3. The summed E-state index contributed by atoms with van der Waals surface area (Å²) >= 11 is 0. The molecule has 1 aromatic carbocycles. The van der Waals surface area contributed by atoms with Crippen LogP contribution in [0.5, 0.6) is 5.75 Å². The van der Waals surface area contributed by atoms with Crippen LogP contribution in [0.2, 0.25) is 0 Å². The van der Waals surface area contributed by atoms with Crippen LogP contribution in [0.4, 0.5) is 0 Å². The summed E-state index contributed by atoms with van der Waals surface area (Å²) in [5.74, 6) is 1.70. The van der Waals surface area contributed by atoms with E-state index in [1.807, 2.05) is 0 Å². The van der Waals surface area contributed by atoms with Gasteiger partial charge in [-0.25, -0.2) is 0 Å². The molecule has 1 atom stereocenters. The van der Waals surface area contributed by atoms with E-state index in [2.05, 4.69) is 32.0 Å². The van der Waals surface area contributed by atoms with Gasteiger partial charge in [0.15, 0.2) is 0 Å². The van der Waals surface area contributed by atoms with Crippen LogP contribution < -0.4 is 4.74 Å². The Labute approximate surface area is 83.1 Å². The first kappa shape index (κ1) is 10.5. The number of hydrogen-bond acceptors (Lipinski definition) is 1. The van der Waals surface area contributed by atoms with E-state index in [0.29, 0.717) is 5.92 Å². The zero-order valence-corrected chi connectivity index (χ0v) is 9.75. The SMILES string of the molecule is CC(C)c1ccc2c(c1)OCC2.P. The van der Waals surface area contributed by atoms with Crippen molar-refractivity contribution in [1.82, 2.24) is 0 Å². The Hall–Kier alpha value is -0.550. The first-order valence-corrected chi connectivity index (χ1v) is 4.53. The highest BCUT2D eigenvalue weighted by atomic mass is 31.0. The van der Waals surface area contributed by atoms with E-state index in [1.165, 1.54) is 11.1 Å². The normalized spacial score (nSPS) is 13.5. The molecular weight excluding hydrogens is 179 g/mol. The summed E-state index contributed by atoms with van der Waals surface area (Å²) < 4.78 is 5.49. The average Bonchev–Trinajstić information content (AvgIpc) is 2.49. The van der Waals surface area contributed by atoms with Gasteiger partial charge in [-0.15, -0.1) is 0 Å². The van der Waals surface area contributed by atoms with Crippen molar-refractivity contribution in [1.29, 1.82) is 0 Å². The Bertz CT molecular complexity index is 294. The predicted molar refractivity (Wildman–Crippen MR) is 60.8 cm³/mol. The maximum Gasteiger partial charge on any atom is 0.122 e. The lowest BCUT2D eigenvalue weighted by molar-refractivity contribution is 0.356. The highest BCUT2D eigenvalue weighted by Gasteiger charge is 2.12. The van der Waals surface area contributed by atoms with Crippen LogP contribution in [0.15, 0.2) is 18.2 Å². The Balaban J connectivity index is 0.000000845. The molecule has 2 heteroatoms. The second-order valence-corrected chi connectivity index (χ2v) is 3.62. The lowest BCUT2D eigenvalue weighted by Crippen LogP contribution is -1.88. The van der Waals surface area contributed by atoms with E-state index in [0.717, 1.165) is 18.8 Å². The molecule has 1 aromatic rings. The number of ether oxygens (including phenoxy) is 1. The molecule has 0 saturated carbocycles. The Morgan fingerprint density at radius 2 is 2.08 bits per heavy atom. The van der Waals surface area contributed by atoms with Crippen LogP contribution in [0.1, 0.15) is 30.9 Å². The first-order chi connectivity index (χ1) is 5.77. The summed E-state index contributed by atoms with van der Waals surface area (Å²) in [7, 11) is 0. The minimum Gasteiger partial charge on any atom is -0.493 e. The van der Waals surface area contributed by atoms with Gasteiger partial charge in [-0.05, 0) is 23.1 Å². The zero-order valence-electron chi connectivity index (χ0n) is 8.34. The van der Waals surface area contributed by atoms with Crippen molar-refractivity contribution in [2.24, 2.45) is 0 Å². The van der Waals surface area contributed by atoms with Crippen molar-refractivity contribution in [2.75, 3.05) is 6.61 Å². The molecule has 13 heavy (non-hydrogen) atoms. The van der Waals surface area contributed by atoms with Crippen molar-refractivity contribution < 1.29 is 4.74 Å². The van der Waals surface area contributed by atoms with Crippen LogP contribution in [0.25, 0.3) is 0 Å². The number of fused-ring (bicyclic) bond motifs is 1. The van der Waals surface area contributed by atoms with Crippen molar-refractivity contribution in [3.05, 3.63) is 29.3 Å². The molecule has 1 aliphatic heterocycles. The van der Waals surface area contributed by atoms with Crippen LogP contribution in [0.3, 0.4) is 0 Å². The molecular formula is C11H17OP. The fraction of sp³-hybridized carbons (Fsp3) is 0.455. The van der Waals surface area contributed by atoms with Crippen molar-refractivity contribution in [2.45, 2.75) is 26.2 Å². The van der Waals surface area contributed by atoms with E-state index >= 15 is 0 Å². The molecule has 0 aromatic heterocycles. The van der Waals surface area contributed by atoms with Gasteiger partial charge in [-0.1, -0.05) is 26.0 Å². The molecule has 0 N–H and O–H groups in total. The summed E-state index contributed by atoms with van der Waals surface area (Å²) in [5, 5.41) is 0. The predicted octanol–water partition coefficient (Wildman–Crippen LogP) is 2.80. The van der Waals surface area contributed by atoms with Gasteiger partial charge in [0.1, 0.15) is 5.75 Å². The van der Waals surface area contributed by atoms with E-state index in [-0.39, 0.29) is 9.90 Å². The van der Waals surface area contributed by atoms with Crippen LogP contribution in [-0.4, -0.2) is 6.61 Å². The maximum absolute atomic E-state index is 5.49. The number of rotatable bonds is 1. The van der Waals surface area contributed by atoms with Gasteiger partial charge in [-0.3, -0.25) is 0 Å². The molecule has 0 fully saturated rings. The Kier molecular flexibility index (Phi) is 3.33. The molecule has 2 rings (SSSR count). The van der Waals surface area contributed by atoms with E-state index in [4.69, 9.17) is 4.74 Å². The lowest BCUT2D eigenvalue weighted by atomic mass is 10.0. The van der Waals surface area contributed by atoms with Crippen molar-refractivity contribution >= 4 is 9.90 Å². The van der Waals surface area contributed by atoms with Gasteiger partial charge in [0, 0.05) is 6.42 Å². The number of hydrogen-bond donors (Lipinski definition) is 0. The van der Waals surface area contributed by atoms with Gasteiger partial charge >= 0.3 is 0 Å². The molecule has 0 radical (unpaired) electrons. The molecule has 0 bridgehead atoms. The van der Waals surface area contributed by atoms with Crippen LogP contribution >= 0.6 is 9.90 Å².